The fraction of sp³-hybridized carbons (Fsp3) is 0.417. The van der Waals surface area contributed by atoms with Gasteiger partial charge in [-0.3, -0.25) is 29.8 Å². The van der Waals surface area contributed by atoms with Crippen molar-refractivity contribution in [3.8, 4) is 0 Å². The summed E-state index contributed by atoms with van der Waals surface area (Å²) in [6.45, 7) is 4.42. The highest BCUT2D eigenvalue weighted by atomic mass is 16.6. The zero-order chi connectivity index (χ0) is 25.7. The van der Waals surface area contributed by atoms with Gasteiger partial charge in [-0.15, -0.1) is 0 Å². The molecule has 3 fully saturated rings. The van der Waals surface area contributed by atoms with Crippen molar-refractivity contribution < 1.29 is 28.9 Å². The highest BCUT2D eigenvalue weighted by molar-refractivity contribution is 5.87. The van der Waals surface area contributed by atoms with Gasteiger partial charge in [-0.25, -0.2) is 0 Å². The van der Waals surface area contributed by atoms with Crippen LogP contribution in [0.15, 0.2) is 48.5 Å². The average Bonchev–Trinajstić information content (AvgIpc) is 3.78. The number of rotatable bonds is 6. The Bertz CT molecular complexity index is 1120. The van der Waals surface area contributed by atoms with Crippen LogP contribution in [0.2, 0.25) is 0 Å². The van der Waals surface area contributed by atoms with Gasteiger partial charge in [0, 0.05) is 49.4 Å². The molecule has 2 aromatic rings. The Morgan fingerprint density at radius 3 is 1.36 bits per heavy atom. The van der Waals surface area contributed by atoms with Crippen molar-refractivity contribution in [3.63, 3.8) is 0 Å². The lowest BCUT2D eigenvalue weighted by Gasteiger charge is -2.44. The number of carbonyl (C=O) groups is 2. The van der Waals surface area contributed by atoms with Crippen molar-refractivity contribution in [2.75, 3.05) is 13.1 Å². The largest absolute Gasteiger partial charge is 0.354 e. The maximum Gasteiger partial charge on any atom is 0.269 e. The molecule has 12 nitrogen and oxygen atoms in total. The van der Waals surface area contributed by atoms with Crippen molar-refractivity contribution in [2.45, 2.75) is 50.3 Å². The molecule has 2 aromatic carbocycles. The van der Waals surface area contributed by atoms with Crippen molar-refractivity contribution in [1.29, 1.82) is 0 Å². The summed E-state index contributed by atoms with van der Waals surface area (Å²) >= 11 is 0. The average molecular weight is 496 g/mol. The molecule has 0 radical (unpaired) electrons. The zero-order valence-corrected chi connectivity index (χ0v) is 19.6. The summed E-state index contributed by atoms with van der Waals surface area (Å²) in [5.74, 6) is -0.340. The number of epoxide rings is 2. The molecule has 2 amide bonds. The fourth-order valence-corrected chi connectivity index (χ4v) is 4.75. The minimum absolute atomic E-state index is 0.0269. The van der Waals surface area contributed by atoms with Gasteiger partial charge in [0.25, 0.3) is 23.2 Å². The second-order valence-electron chi connectivity index (χ2n) is 9.33. The maximum atomic E-state index is 13.1. The van der Waals surface area contributed by atoms with Crippen LogP contribution in [-0.2, 0) is 19.1 Å². The lowest BCUT2D eigenvalue weighted by molar-refractivity contribution is -0.385. The quantitative estimate of drug-likeness (QED) is 0.336. The lowest BCUT2D eigenvalue weighted by atomic mass is 10.0. The Labute approximate surface area is 205 Å². The fourth-order valence-electron chi connectivity index (χ4n) is 4.75. The van der Waals surface area contributed by atoms with E-state index in [0.717, 1.165) is 0 Å². The molecule has 3 aliphatic rings. The molecule has 188 valence electrons. The van der Waals surface area contributed by atoms with Crippen LogP contribution in [0.3, 0.4) is 0 Å². The SMILES string of the molecule is C[C@H]1CN(C(=O)[C@@H]2O[C@H]2c2ccc([N+](=O)[O-])cc2)[C@@H](C)CN1C(=O)[C@@H]1O[C@H]1c1ccc([N+](=O)[O-])cc1. The molecule has 6 atom stereocenters. The van der Waals surface area contributed by atoms with E-state index in [1.165, 1.54) is 24.3 Å². The van der Waals surface area contributed by atoms with E-state index in [2.05, 4.69) is 0 Å². The summed E-state index contributed by atoms with van der Waals surface area (Å²) in [6.07, 6.45) is -2.19. The van der Waals surface area contributed by atoms with Crippen LogP contribution in [0.5, 0.6) is 0 Å². The second kappa shape index (κ2) is 8.95. The van der Waals surface area contributed by atoms with Crippen LogP contribution in [-0.4, -0.2) is 68.8 Å². The summed E-state index contributed by atoms with van der Waals surface area (Å²) < 4.78 is 11.2. The van der Waals surface area contributed by atoms with Crippen LogP contribution < -0.4 is 0 Å². The van der Waals surface area contributed by atoms with Gasteiger partial charge in [-0.05, 0) is 49.2 Å². The van der Waals surface area contributed by atoms with E-state index in [4.69, 9.17) is 9.47 Å². The van der Waals surface area contributed by atoms with Crippen LogP contribution in [0.25, 0.3) is 0 Å². The molecule has 0 N–H and O–H groups in total. The molecule has 0 unspecified atom stereocenters. The molecule has 5 rings (SSSR count). The maximum absolute atomic E-state index is 13.1. The normalized spacial score (nSPS) is 28.9. The summed E-state index contributed by atoms with van der Waals surface area (Å²) in [6, 6.07) is 11.4. The molecule has 3 heterocycles. The third-order valence-corrected chi connectivity index (χ3v) is 6.89. The summed E-state index contributed by atoms with van der Waals surface area (Å²) in [5.41, 5.74) is 1.36. The topological polar surface area (TPSA) is 152 Å². The third-order valence-electron chi connectivity index (χ3n) is 6.89. The molecule has 0 saturated carbocycles. The molecule has 3 aliphatic heterocycles. The van der Waals surface area contributed by atoms with Gasteiger partial charge in [-0.1, -0.05) is 0 Å². The van der Waals surface area contributed by atoms with Crippen molar-refractivity contribution in [2.24, 2.45) is 0 Å². The summed E-state index contributed by atoms with van der Waals surface area (Å²) in [5, 5.41) is 21.7. The number of hydrogen-bond donors (Lipinski definition) is 0. The lowest BCUT2D eigenvalue weighted by Crippen LogP contribution is -2.61. The Morgan fingerprint density at radius 1 is 0.722 bits per heavy atom. The molecule has 12 heteroatoms. The van der Waals surface area contributed by atoms with E-state index in [-0.39, 0.29) is 35.3 Å². The van der Waals surface area contributed by atoms with Gasteiger partial charge in [0.1, 0.15) is 12.2 Å². The van der Waals surface area contributed by atoms with Crippen LogP contribution >= 0.6 is 0 Å². The molecule has 0 aromatic heterocycles. The van der Waals surface area contributed by atoms with Gasteiger partial charge in [0.15, 0.2) is 12.2 Å². The van der Waals surface area contributed by atoms with Crippen molar-refractivity contribution in [1.82, 2.24) is 9.80 Å². The second-order valence-corrected chi connectivity index (χ2v) is 9.33. The van der Waals surface area contributed by atoms with E-state index >= 15 is 0 Å². The zero-order valence-electron chi connectivity index (χ0n) is 19.6. The minimum Gasteiger partial charge on any atom is -0.354 e. The highest BCUT2D eigenvalue weighted by Gasteiger charge is 2.52. The van der Waals surface area contributed by atoms with Crippen LogP contribution in [0, 0.1) is 20.2 Å². The molecular formula is C24H24N4O8. The van der Waals surface area contributed by atoms with Crippen molar-refractivity contribution in [3.05, 3.63) is 79.9 Å². The van der Waals surface area contributed by atoms with Crippen LogP contribution in [0.1, 0.15) is 37.2 Å². The van der Waals surface area contributed by atoms with Crippen molar-refractivity contribution >= 4 is 23.2 Å². The van der Waals surface area contributed by atoms with Crippen LogP contribution in [0.4, 0.5) is 11.4 Å². The standard InChI is InChI=1S/C24H24N4O8/c1-13-11-26(24(30)22-20(36-22)16-5-9-18(10-6-16)28(33)34)14(2)12-25(13)23(29)21-19(35-21)15-3-7-17(8-4-15)27(31)32/h3-10,13-14,19-22H,11-12H2,1-2H3/t13-,14-,19-,20-,21+,22+/m0/s1. The van der Waals surface area contributed by atoms with E-state index < -0.39 is 34.3 Å². The number of nitrogens with zero attached hydrogens (tertiary/aromatic N) is 4. The Morgan fingerprint density at radius 2 is 1.06 bits per heavy atom. The van der Waals surface area contributed by atoms with E-state index in [0.29, 0.717) is 24.2 Å². The van der Waals surface area contributed by atoms with E-state index in [1.807, 2.05) is 13.8 Å². The number of non-ortho nitro benzene ring substituents is 2. The molecule has 0 aliphatic carbocycles. The first-order valence-corrected chi connectivity index (χ1v) is 11.6. The Balaban J connectivity index is 1.18. The van der Waals surface area contributed by atoms with E-state index in [1.54, 1.807) is 34.1 Å². The highest BCUT2D eigenvalue weighted by Crippen LogP contribution is 2.42. The Hall–Kier alpha value is -3.90. The summed E-state index contributed by atoms with van der Waals surface area (Å²) in [4.78, 5) is 50.4. The first-order valence-electron chi connectivity index (χ1n) is 11.6. The van der Waals surface area contributed by atoms with Gasteiger partial charge >= 0.3 is 0 Å². The van der Waals surface area contributed by atoms with Gasteiger partial charge in [-0.2, -0.15) is 0 Å². The molecule has 3 saturated heterocycles. The monoisotopic (exact) mass is 496 g/mol. The molecular weight excluding hydrogens is 472 g/mol. The number of benzene rings is 2. The first kappa shape index (κ1) is 23.8. The predicted molar refractivity (Wildman–Crippen MR) is 124 cm³/mol. The number of amides is 2. The number of nitro benzene ring substituents is 2. The van der Waals surface area contributed by atoms with E-state index in [9.17, 15) is 29.8 Å². The number of nitro groups is 2. The van der Waals surface area contributed by atoms with Gasteiger partial charge < -0.3 is 19.3 Å². The first-order chi connectivity index (χ1) is 17.2. The number of hydrogen-bond acceptors (Lipinski definition) is 8. The smallest absolute Gasteiger partial charge is 0.269 e. The Kier molecular flexibility index (Phi) is 5.92. The number of piperazine rings is 1. The van der Waals surface area contributed by atoms with Gasteiger partial charge in [0.2, 0.25) is 0 Å². The third kappa shape index (κ3) is 4.40. The number of carbonyl (C=O) groups excluding carboxylic acids is 2. The summed E-state index contributed by atoms with van der Waals surface area (Å²) in [7, 11) is 0. The molecule has 0 bridgehead atoms. The molecule has 0 spiro atoms. The van der Waals surface area contributed by atoms with Gasteiger partial charge in [0.05, 0.1) is 9.85 Å². The minimum atomic E-state index is -0.651. The number of ether oxygens (including phenoxy) is 2. The molecule has 36 heavy (non-hydrogen) atoms. The predicted octanol–water partition coefficient (Wildman–Crippen LogP) is 2.53.